The van der Waals surface area contributed by atoms with E-state index in [4.69, 9.17) is 4.74 Å². The molecule has 0 amide bonds. The number of pyridine rings is 1. The van der Waals surface area contributed by atoms with Crippen molar-refractivity contribution in [3.63, 3.8) is 0 Å². The number of rotatable bonds is 4. The van der Waals surface area contributed by atoms with Gasteiger partial charge in [-0.3, -0.25) is 4.98 Å². The van der Waals surface area contributed by atoms with Crippen molar-refractivity contribution in [2.75, 3.05) is 14.2 Å². The van der Waals surface area contributed by atoms with Gasteiger partial charge in [0, 0.05) is 24.9 Å². The van der Waals surface area contributed by atoms with Crippen molar-refractivity contribution in [3.8, 4) is 0 Å². The molecular formula is C15H20N2O. The lowest BCUT2D eigenvalue weighted by atomic mass is 9.89. The van der Waals surface area contributed by atoms with Gasteiger partial charge in [-0.25, -0.2) is 0 Å². The Morgan fingerprint density at radius 1 is 1.28 bits per heavy atom. The molecule has 0 aliphatic rings. The topological polar surface area (TPSA) is 34.2 Å². The smallest absolute Gasteiger partial charge is 0.0816 e. The first kappa shape index (κ1) is 13.0. The average molecular weight is 244 g/mol. The van der Waals surface area contributed by atoms with Gasteiger partial charge in [-0.1, -0.05) is 18.2 Å². The highest BCUT2D eigenvalue weighted by molar-refractivity contribution is 5.85. The molecule has 0 spiro atoms. The quantitative estimate of drug-likeness (QED) is 0.898. The van der Waals surface area contributed by atoms with E-state index in [1.54, 1.807) is 7.11 Å². The Bertz CT molecular complexity index is 532. The third-order valence-electron chi connectivity index (χ3n) is 3.54. The SMILES string of the molecule is CNC(c1cccc2ccncc12)C(C)(C)OC. The number of fused-ring (bicyclic) bond motifs is 1. The molecule has 1 atom stereocenters. The highest BCUT2D eigenvalue weighted by atomic mass is 16.5. The molecule has 3 heteroatoms. The van der Waals surface area contributed by atoms with Gasteiger partial charge < -0.3 is 10.1 Å². The second-order valence-electron chi connectivity index (χ2n) is 4.97. The molecule has 0 saturated carbocycles. The van der Waals surface area contributed by atoms with Crippen molar-refractivity contribution in [3.05, 3.63) is 42.2 Å². The predicted molar refractivity (Wildman–Crippen MR) is 74.6 cm³/mol. The molecule has 2 aromatic rings. The fraction of sp³-hybridized carbons (Fsp3) is 0.400. The molecule has 3 nitrogen and oxygen atoms in total. The Morgan fingerprint density at radius 2 is 2.06 bits per heavy atom. The van der Waals surface area contributed by atoms with Crippen molar-refractivity contribution < 1.29 is 4.74 Å². The molecular weight excluding hydrogens is 224 g/mol. The van der Waals surface area contributed by atoms with Gasteiger partial charge in [-0.2, -0.15) is 0 Å². The number of methoxy groups -OCH3 is 1. The van der Waals surface area contributed by atoms with Crippen molar-refractivity contribution in [1.29, 1.82) is 0 Å². The summed E-state index contributed by atoms with van der Waals surface area (Å²) in [5, 5.41) is 5.72. The van der Waals surface area contributed by atoms with Crippen LogP contribution in [0.15, 0.2) is 36.7 Å². The molecule has 0 radical (unpaired) electrons. The van der Waals surface area contributed by atoms with E-state index in [9.17, 15) is 0 Å². The zero-order chi connectivity index (χ0) is 13.2. The lowest BCUT2D eigenvalue weighted by Gasteiger charge is -2.33. The molecule has 0 saturated heterocycles. The van der Waals surface area contributed by atoms with Crippen molar-refractivity contribution in [2.45, 2.75) is 25.5 Å². The Balaban J connectivity index is 2.59. The average Bonchev–Trinajstić information content (AvgIpc) is 2.39. The van der Waals surface area contributed by atoms with Gasteiger partial charge in [0.15, 0.2) is 0 Å². The monoisotopic (exact) mass is 244 g/mol. The Hall–Kier alpha value is -1.45. The van der Waals surface area contributed by atoms with Crippen LogP contribution in [0.2, 0.25) is 0 Å². The summed E-state index contributed by atoms with van der Waals surface area (Å²) in [7, 11) is 3.70. The Labute approximate surface area is 108 Å². The Morgan fingerprint density at radius 3 is 2.72 bits per heavy atom. The van der Waals surface area contributed by atoms with E-state index in [0.717, 1.165) is 0 Å². The number of ether oxygens (including phenoxy) is 1. The number of benzene rings is 1. The number of hydrogen-bond donors (Lipinski definition) is 1. The summed E-state index contributed by atoms with van der Waals surface area (Å²) in [6, 6.07) is 8.47. The van der Waals surface area contributed by atoms with Crippen LogP contribution in [0.1, 0.15) is 25.5 Å². The van der Waals surface area contributed by atoms with Crippen LogP contribution in [-0.2, 0) is 4.74 Å². The zero-order valence-electron chi connectivity index (χ0n) is 11.4. The second-order valence-corrected chi connectivity index (χ2v) is 4.97. The highest BCUT2D eigenvalue weighted by Gasteiger charge is 2.30. The van der Waals surface area contributed by atoms with E-state index >= 15 is 0 Å². The largest absolute Gasteiger partial charge is 0.377 e. The van der Waals surface area contributed by atoms with Crippen LogP contribution < -0.4 is 5.32 Å². The molecule has 18 heavy (non-hydrogen) atoms. The summed E-state index contributed by atoms with van der Waals surface area (Å²) < 4.78 is 5.61. The standard InChI is InChI=1S/C15H20N2O/c1-15(2,18-4)14(16-3)12-7-5-6-11-8-9-17-10-13(11)12/h5-10,14,16H,1-4H3. The van der Waals surface area contributed by atoms with Crippen molar-refractivity contribution in [1.82, 2.24) is 10.3 Å². The molecule has 1 unspecified atom stereocenters. The summed E-state index contributed by atoms with van der Waals surface area (Å²) in [6.07, 6.45) is 3.74. The third-order valence-corrected chi connectivity index (χ3v) is 3.54. The minimum absolute atomic E-state index is 0.121. The molecule has 0 fully saturated rings. The van der Waals surface area contributed by atoms with Gasteiger partial charge in [0.25, 0.3) is 0 Å². The van der Waals surface area contributed by atoms with Crippen molar-refractivity contribution in [2.24, 2.45) is 0 Å². The van der Waals surface area contributed by atoms with Gasteiger partial charge in [-0.15, -0.1) is 0 Å². The third kappa shape index (κ3) is 2.24. The van der Waals surface area contributed by atoms with Crippen LogP contribution in [0.5, 0.6) is 0 Å². The van der Waals surface area contributed by atoms with Crippen LogP contribution in [-0.4, -0.2) is 24.7 Å². The van der Waals surface area contributed by atoms with Crippen LogP contribution in [0.25, 0.3) is 10.8 Å². The van der Waals surface area contributed by atoms with Gasteiger partial charge in [-0.05, 0) is 37.9 Å². The number of nitrogens with zero attached hydrogens (tertiary/aromatic N) is 1. The first-order valence-corrected chi connectivity index (χ1v) is 6.15. The van der Waals surface area contributed by atoms with Gasteiger partial charge >= 0.3 is 0 Å². The molecule has 0 bridgehead atoms. The molecule has 1 aromatic carbocycles. The summed E-state index contributed by atoms with van der Waals surface area (Å²) in [5.74, 6) is 0. The van der Waals surface area contributed by atoms with Crippen LogP contribution in [0, 0.1) is 0 Å². The van der Waals surface area contributed by atoms with Gasteiger partial charge in [0.1, 0.15) is 0 Å². The molecule has 1 heterocycles. The van der Waals surface area contributed by atoms with E-state index in [-0.39, 0.29) is 11.6 Å². The number of likely N-dealkylation sites (N-methyl/N-ethyl adjacent to an activating group) is 1. The second kappa shape index (κ2) is 5.04. The van der Waals surface area contributed by atoms with E-state index in [2.05, 4.69) is 42.3 Å². The molecule has 1 aromatic heterocycles. The molecule has 96 valence electrons. The van der Waals surface area contributed by atoms with E-state index < -0.39 is 0 Å². The predicted octanol–water partition coefficient (Wildman–Crippen LogP) is 2.92. The number of aromatic nitrogens is 1. The minimum atomic E-state index is -0.279. The molecule has 0 aliphatic heterocycles. The number of nitrogens with one attached hydrogen (secondary N) is 1. The maximum absolute atomic E-state index is 5.61. The van der Waals surface area contributed by atoms with Crippen LogP contribution >= 0.6 is 0 Å². The van der Waals surface area contributed by atoms with E-state index in [1.807, 2.05) is 25.5 Å². The maximum Gasteiger partial charge on any atom is 0.0816 e. The van der Waals surface area contributed by atoms with Crippen molar-refractivity contribution >= 4 is 10.8 Å². The maximum atomic E-state index is 5.61. The van der Waals surface area contributed by atoms with Gasteiger partial charge in [0.2, 0.25) is 0 Å². The van der Waals surface area contributed by atoms with Crippen LogP contribution in [0.4, 0.5) is 0 Å². The molecule has 2 rings (SSSR count). The Kier molecular flexibility index (Phi) is 3.64. The molecule has 0 aliphatic carbocycles. The summed E-state index contributed by atoms with van der Waals surface area (Å²) in [4.78, 5) is 4.23. The van der Waals surface area contributed by atoms with E-state index in [1.165, 1.54) is 16.3 Å². The summed E-state index contributed by atoms with van der Waals surface area (Å²) in [6.45, 7) is 4.17. The summed E-state index contributed by atoms with van der Waals surface area (Å²) in [5.41, 5.74) is 0.939. The first-order chi connectivity index (χ1) is 8.60. The van der Waals surface area contributed by atoms with E-state index in [0.29, 0.717) is 0 Å². The van der Waals surface area contributed by atoms with Crippen LogP contribution in [0.3, 0.4) is 0 Å². The highest BCUT2D eigenvalue weighted by Crippen LogP contribution is 2.32. The number of hydrogen-bond acceptors (Lipinski definition) is 3. The fourth-order valence-corrected chi connectivity index (χ4v) is 2.38. The lowest BCUT2D eigenvalue weighted by molar-refractivity contribution is -0.00860. The van der Waals surface area contributed by atoms with Gasteiger partial charge in [0.05, 0.1) is 11.6 Å². The first-order valence-electron chi connectivity index (χ1n) is 6.15. The fourth-order valence-electron chi connectivity index (χ4n) is 2.38. The summed E-state index contributed by atoms with van der Waals surface area (Å²) >= 11 is 0. The zero-order valence-corrected chi connectivity index (χ0v) is 11.4. The normalized spacial score (nSPS) is 13.8. The minimum Gasteiger partial charge on any atom is -0.377 e. The lowest BCUT2D eigenvalue weighted by Crippen LogP contribution is -2.39. The molecule has 1 N–H and O–H groups in total.